The molecule has 7 heteroatoms. The number of hydrogen-bond acceptors (Lipinski definition) is 4. The van der Waals surface area contributed by atoms with E-state index in [2.05, 4.69) is 4.98 Å². The standard InChI is InChI=1S/C21H24N4O3/c1-13(2)28-20(27)24-11-21(12-24)14-6-3-4-9-17(14)25(19(21)26)10-18-22-15-7-5-8-16(15)23-18/h3-4,6,9,13H,5,7-8,10-12H2,1-2H3,(H,22,23). The number of anilines is 1. The molecule has 1 fully saturated rings. The van der Waals surface area contributed by atoms with Gasteiger partial charge in [0.15, 0.2) is 0 Å². The molecule has 1 spiro atoms. The lowest BCUT2D eigenvalue weighted by Crippen LogP contribution is -2.65. The van der Waals surface area contributed by atoms with Crippen LogP contribution in [0.1, 0.15) is 43.0 Å². The van der Waals surface area contributed by atoms with Crippen molar-refractivity contribution >= 4 is 17.7 Å². The normalized spacial score (nSPS) is 19.2. The molecule has 28 heavy (non-hydrogen) atoms. The molecule has 1 N–H and O–H groups in total. The van der Waals surface area contributed by atoms with Crippen molar-refractivity contribution in [1.82, 2.24) is 14.9 Å². The van der Waals surface area contributed by atoms with E-state index in [9.17, 15) is 9.59 Å². The first kappa shape index (κ1) is 17.3. The van der Waals surface area contributed by atoms with Gasteiger partial charge >= 0.3 is 6.09 Å². The second kappa shape index (κ2) is 6.09. The molecule has 3 aliphatic rings. The quantitative estimate of drug-likeness (QED) is 0.888. The van der Waals surface area contributed by atoms with Crippen LogP contribution < -0.4 is 4.90 Å². The van der Waals surface area contributed by atoms with Gasteiger partial charge in [-0.3, -0.25) is 4.79 Å². The summed E-state index contributed by atoms with van der Waals surface area (Å²) >= 11 is 0. The number of likely N-dealkylation sites (tertiary alicyclic amines) is 1. The van der Waals surface area contributed by atoms with Crippen molar-refractivity contribution in [2.45, 2.75) is 51.2 Å². The highest BCUT2D eigenvalue weighted by molar-refractivity contribution is 6.09. The Morgan fingerprint density at radius 1 is 1.29 bits per heavy atom. The summed E-state index contributed by atoms with van der Waals surface area (Å²) < 4.78 is 5.28. The number of ether oxygens (including phenoxy) is 1. The van der Waals surface area contributed by atoms with Crippen molar-refractivity contribution in [2.75, 3.05) is 18.0 Å². The Labute approximate surface area is 163 Å². The zero-order valence-electron chi connectivity index (χ0n) is 16.2. The maximum atomic E-state index is 13.4. The van der Waals surface area contributed by atoms with Crippen LogP contribution in [-0.4, -0.2) is 46.1 Å². The maximum Gasteiger partial charge on any atom is 0.410 e. The smallest absolute Gasteiger partial charge is 0.410 e. The molecule has 1 aromatic carbocycles. The molecule has 2 aliphatic heterocycles. The number of carbonyl (C=O) groups excluding carboxylic acids is 2. The number of H-pyrrole nitrogens is 1. The Bertz CT molecular complexity index is 937. The molecule has 1 aromatic heterocycles. The average Bonchev–Trinajstić information content (AvgIpc) is 3.25. The summed E-state index contributed by atoms with van der Waals surface area (Å²) in [7, 11) is 0. The third-order valence-electron chi connectivity index (χ3n) is 5.94. The van der Waals surface area contributed by atoms with Crippen LogP contribution >= 0.6 is 0 Å². The van der Waals surface area contributed by atoms with Gasteiger partial charge in [-0.05, 0) is 44.7 Å². The Hall–Kier alpha value is -2.83. The fourth-order valence-electron chi connectivity index (χ4n) is 4.65. The zero-order chi connectivity index (χ0) is 19.5. The highest BCUT2D eigenvalue weighted by Gasteiger charge is 2.59. The topological polar surface area (TPSA) is 78.5 Å². The monoisotopic (exact) mass is 380 g/mol. The third-order valence-corrected chi connectivity index (χ3v) is 5.94. The molecule has 0 radical (unpaired) electrons. The number of aryl methyl sites for hydroxylation is 2. The molecule has 0 saturated carbocycles. The van der Waals surface area contributed by atoms with Crippen molar-refractivity contribution in [1.29, 1.82) is 0 Å². The molecule has 2 amide bonds. The lowest BCUT2D eigenvalue weighted by Gasteiger charge is -2.46. The van der Waals surface area contributed by atoms with E-state index in [1.54, 1.807) is 4.90 Å². The molecule has 7 nitrogen and oxygen atoms in total. The van der Waals surface area contributed by atoms with Gasteiger partial charge in [0.1, 0.15) is 11.2 Å². The lowest BCUT2D eigenvalue weighted by molar-refractivity contribution is -0.128. The van der Waals surface area contributed by atoms with Gasteiger partial charge in [0.2, 0.25) is 5.91 Å². The van der Waals surface area contributed by atoms with E-state index in [4.69, 9.17) is 9.72 Å². The fraction of sp³-hybridized carbons (Fsp3) is 0.476. The SMILES string of the molecule is CC(C)OC(=O)N1CC2(C1)C(=O)N(Cc1nc3c([nH]1)CCC3)c1ccccc12. The van der Waals surface area contributed by atoms with Gasteiger partial charge in [-0.1, -0.05) is 18.2 Å². The van der Waals surface area contributed by atoms with Crippen LogP contribution in [0.2, 0.25) is 0 Å². The lowest BCUT2D eigenvalue weighted by atomic mass is 9.75. The minimum Gasteiger partial charge on any atom is -0.447 e. The number of aromatic amines is 1. The minimum absolute atomic E-state index is 0.0406. The van der Waals surface area contributed by atoms with Crippen LogP contribution in [-0.2, 0) is 34.3 Å². The summed E-state index contributed by atoms with van der Waals surface area (Å²) in [6, 6.07) is 7.88. The van der Waals surface area contributed by atoms with Gasteiger partial charge < -0.3 is 19.5 Å². The average molecular weight is 380 g/mol. The molecule has 146 valence electrons. The number of rotatable bonds is 3. The van der Waals surface area contributed by atoms with Crippen molar-refractivity contribution in [3.05, 3.63) is 47.0 Å². The Balaban J connectivity index is 1.40. The minimum atomic E-state index is -0.665. The van der Waals surface area contributed by atoms with Crippen molar-refractivity contribution in [3.8, 4) is 0 Å². The predicted octanol–water partition coefficient (Wildman–Crippen LogP) is 2.54. The number of nitrogens with zero attached hydrogens (tertiary/aromatic N) is 3. The van der Waals surface area contributed by atoms with E-state index < -0.39 is 5.41 Å². The second-order valence-corrected chi connectivity index (χ2v) is 8.24. The summed E-state index contributed by atoms with van der Waals surface area (Å²) in [4.78, 5) is 37.2. The first-order valence-corrected chi connectivity index (χ1v) is 9.91. The molecule has 0 unspecified atom stereocenters. The predicted molar refractivity (Wildman–Crippen MR) is 103 cm³/mol. The summed E-state index contributed by atoms with van der Waals surface area (Å²) in [5.74, 6) is 0.874. The van der Waals surface area contributed by atoms with E-state index in [1.165, 1.54) is 5.69 Å². The first-order chi connectivity index (χ1) is 13.5. The molecule has 1 saturated heterocycles. The highest BCUT2D eigenvalue weighted by atomic mass is 16.6. The zero-order valence-corrected chi connectivity index (χ0v) is 16.2. The van der Waals surface area contributed by atoms with Gasteiger partial charge in [-0.15, -0.1) is 0 Å². The molecule has 0 bridgehead atoms. The van der Waals surface area contributed by atoms with Crippen LogP contribution in [0.15, 0.2) is 24.3 Å². The number of imidazole rings is 1. The van der Waals surface area contributed by atoms with Gasteiger partial charge in [0, 0.05) is 24.5 Å². The summed E-state index contributed by atoms with van der Waals surface area (Å²) in [5, 5.41) is 0. The largest absolute Gasteiger partial charge is 0.447 e. The summed E-state index contributed by atoms with van der Waals surface area (Å²) in [6.07, 6.45) is 2.65. The van der Waals surface area contributed by atoms with Gasteiger partial charge in [0.25, 0.3) is 0 Å². The van der Waals surface area contributed by atoms with Gasteiger partial charge in [0.05, 0.1) is 18.3 Å². The number of amides is 2. The first-order valence-electron chi connectivity index (χ1n) is 9.91. The molecule has 5 rings (SSSR count). The molecular formula is C21H24N4O3. The van der Waals surface area contributed by atoms with Crippen LogP contribution in [0.4, 0.5) is 10.5 Å². The van der Waals surface area contributed by atoms with Gasteiger partial charge in [-0.2, -0.15) is 0 Å². The van der Waals surface area contributed by atoms with Crippen LogP contribution in [0.25, 0.3) is 0 Å². The second-order valence-electron chi connectivity index (χ2n) is 8.24. The Kier molecular flexibility index (Phi) is 3.76. The van der Waals surface area contributed by atoms with Crippen molar-refractivity contribution in [2.24, 2.45) is 0 Å². The molecule has 0 atom stereocenters. The van der Waals surface area contributed by atoms with Crippen LogP contribution in [0.5, 0.6) is 0 Å². The number of benzene rings is 1. The molecule has 3 heterocycles. The van der Waals surface area contributed by atoms with Crippen molar-refractivity contribution < 1.29 is 14.3 Å². The number of para-hydroxylation sites is 1. The Morgan fingerprint density at radius 2 is 2.07 bits per heavy atom. The van der Waals surface area contributed by atoms with E-state index in [1.807, 2.05) is 43.0 Å². The highest BCUT2D eigenvalue weighted by Crippen LogP contribution is 2.48. The third kappa shape index (κ3) is 2.45. The van der Waals surface area contributed by atoms with E-state index in [-0.39, 0.29) is 18.1 Å². The molecular weight excluding hydrogens is 356 g/mol. The fourth-order valence-corrected chi connectivity index (χ4v) is 4.65. The van der Waals surface area contributed by atoms with Crippen LogP contribution in [0.3, 0.4) is 0 Å². The number of hydrogen-bond donors (Lipinski definition) is 1. The maximum absolute atomic E-state index is 13.4. The van der Waals surface area contributed by atoms with Crippen LogP contribution in [0, 0.1) is 0 Å². The molecule has 1 aliphatic carbocycles. The summed E-state index contributed by atoms with van der Waals surface area (Å²) in [5.41, 5.74) is 3.59. The summed E-state index contributed by atoms with van der Waals surface area (Å²) in [6.45, 7) is 4.80. The molecule has 2 aromatic rings. The number of nitrogens with one attached hydrogen (secondary N) is 1. The van der Waals surface area contributed by atoms with E-state index >= 15 is 0 Å². The van der Waals surface area contributed by atoms with Crippen molar-refractivity contribution in [3.63, 3.8) is 0 Å². The number of carbonyl (C=O) groups is 2. The van der Waals surface area contributed by atoms with Gasteiger partial charge in [-0.25, -0.2) is 9.78 Å². The number of aromatic nitrogens is 2. The van der Waals surface area contributed by atoms with E-state index in [0.29, 0.717) is 19.6 Å². The Morgan fingerprint density at radius 3 is 2.82 bits per heavy atom. The number of fused-ring (bicyclic) bond motifs is 3. The van der Waals surface area contributed by atoms with E-state index in [0.717, 1.165) is 42.0 Å².